The molecule has 8 heteroatoms. The Morgan fingerprint density at radius 1 is 1.16 bits per heavy atom. The van der Waals surface area contributed by atoms with Gasteiger partial charge in [-0.3, -0.25) is 0 Å². The smallest absolute Gasteiger partial charge is 0.418 e. The summed E-state index contributed by atoms with van der Waals surface area (Å²) in [7, 11) is 0. The Hall–Kier alpha value is -2.74. The van der Waals surface area contributed by atoms with Crippen LogP contribution >= 0.6 is 22.9 Å². The van der Waals surface area contributed by atoms with E-state index in [4.69, 9.17) is 22.1 Å². The number of aliphatic hydroxyl groups excluding tert-OH is 1. The van der Waals surface area contributed by atoms with Crippen molar-refractivity contribution in [3.8, 4) is 16.9 Å². The number of thiophene rings is 1. The van der Waals surface area contributed by atoms with Crippen LogP contribution in [0.4, 0.5) is 13.2 Å². The molecule has 0 aliphatic heterocycles. The second-order valence-electron chi connectivity index (χ2n) is 7.03. The molecule has 168 valence electrons. The molecule has 0 aliphatic carbocycles. The van der Waals surface area contributed by atoms with Gasteiger partial charge < -0.3 is 15.6 Å². The van der Waals surface area contributed by atoms with Gasteiger partial charge >= 0.3 is 6.18 Å². The maximum absolute atomic E-state index is 12.9. The highest BCUT2D eigenvalue weighted by atomic mass is 35.5. The van der Waals surface area contributed by atoms with Gasteiger partial charge in [0.15, 0.2) is 6.10 Å². The van der Waals surface area contributed by atoms with Crippen molar-refractivity contribution in [2.75, 3.05) is 0 Å². The first kappa shape index (κ1) is 23.9. The largest absolute Gasteiger partial charge is 0.488 e. The predicted molar refractivity (Wildman–Crippen MR) is 124 cm³/mol. The molecule has 0 bridgehead atoms. The zero-order chi connectivity index (χ0) is 23.3. The van der Waals surface area contributed by atoms with Gasteiger partial charge in [0.1, 0.15) is 12.4 Å². The first-order chi connectivity index (χ1) is 15.2. The van der Waals surface area contributed by atoms with Crippen molar-refractivity contribution in [1.82, 2.24) is 0 Å². The Balaban J connectivity index is 1.97. The van der Waals surface area contributed by atoms with Crippen LogP contribution in [0.1, 0.15) is 17.4 Å². The van der Waals surface area contributed by atoms with Crippen LogP contribution in [-0.4, -0.2) is 17.4 Å². The molecule has 2 aromatic carbocycles. The van der Waals surface area contributed by atoms with E-state index in [9.17, 15) is 18.3 Å². The van der Waals surface area contributed by atoms with E-state index in [0.717, 1.165) is 5.56 Å². The first-order valence-corrected chi connectivity index (χ1v) is 10.9. The zero-order valence-corrected chi connectivity index (χ0v) is 18.6. The summed E-state index contributed by atoms with van der Waals surface area (Å²) >= 11 is 7.54. The van der Waals surface area contributed by atoms with Gasteiger partial charge in [-0.2, -0.15) is 13.2 Å². The standard InChI is InChI=1S/C24H21ClF3NO2S/c1-15(23(30)24(26,27)28)11-17(13-29)22-19(9-10-32-22)20-12-18(25)7-8-21(20)31-14-16-5-3-2-4-6-16/h2-13,23,30H,14,29H2,1H3/b15-11+,17-13+. The van der Waals surface area contributed by atoms with Crippen molar-refractivity contribution in [3.63, 3.8) is 0 Å². The summed E-state index contributed by atoms with van der Waals surface area (Å²) in [4.78, 5) is 0.632. The molecule has 1 unspecified atom stereocenters. The average Bonchev–Trinajstić information content (AvgIpc) is 3.25. The molecule has 32 heavy (non-hydrogen) atoms. The molecule has 0 radical (unpaired) electrons. The number of halogens is 4. The first-order valence-electron chi connectivity index (χ1n) is 9.60. The summed E-state index contributed by atoms with van der Waals surface area (Å²) in [6, 6.07) is 16.7. The Bertz CT molecular complexity index is 1120. The second-order valence-corrected chi connectivity index (χ2v) is 8.39. The van der Waals surface area contributed by atoms with Crippen LogP contribution in [-0.2, 0) is 6.61 Å². The topological polar surface area (TPSA) is 55.5 Å². The highest BCUT2D eigenvalue weighted by Gasteiger charge is 2.39. The summed E-state index contributed by atoms with van der Waals surface area (Å²) in [5, 5.41) is 11.8. The molecular formula is C24H21ClF3NO2S. The molecule has 3 rings (SSSR count). The van der Waals surface area contributed by atoms with E-state index < -0.39 is 12.3 Å². The molecule has 0 saturated heterocycles. The number of ether oxygens (including phenoxy) is 1. The summed E-state index contributed by atoms with van der Waals surface area (Å²) in [6.07, 6.45) is -4.87. The summed E-state index contributed by atoms with van der Waals surface area (Å²) in [5.74, 6) is 0.574. The van der Waals surface area contributed by atoms with Crippen molar-refractivity contribution >= 4 is 28.5 Å². The molecule has 3 aromatic rings. The quantitative estimate of drug-likeness (QED) is 0.366. The van der Waals surface area contributed by atoms with Crippen LogP contribution < -0.4 is 10.5 Å². The predicted octanol–water partition coefficient (Wildman–Crippen LogP) is 6.82. The average molecular weight is 480 g/mol. The lowest BCUT2D eigenvalue weighted by atomic mass is 10.00. The number of hydrogen-bond donors (Lipinski definition) is 2. The monoisotopic (exact) mass is 479 g/mol. The third-order valence-corrected chi connectivity index (χ3v) is 5.90. The molecule has 0 amide bonds. The van der Waals surface area contributed by atoms with Gasteiger partial charge in [-0.25, -0.2) is 0 Å². The minimum atomic E-state index is -4.76. The lowest BCUT2D eigenvalue weighted by Crippen LogP contribution is -2.29. The molecule has 3 nitrogen and oxygen atoms in total. The Morgan fingerprint density at radius 3 is 2.53 bits per heavy atom. The van der Waals surface area contributed by atoms with Crippen LogP contribution in [0, 0.1) is 0 Å². The summed E-state index contributed by atoms with van der Waals surface area (Å²) in [6.45, 7) is 1.55. The van der Waals surface area contributed by atoms with Crippen LogP contribution in [0.15, 0.2) is 77.8 Å². The van der Waals surface area contributed by atoms with Crippen molar-refractivity contribution < 1.29 is 23.0 Å². The van der Waals surface area contributed by atoms with E-state index >= 15 is 0 Å². The Kier molecular flexibility index (Phi) is 7.66. The third-order valence-electron chi connectivity index (χ3n) is 4.70. The number of aliphatic hydroxyl groups is 1. The molecule has 3 N–H and O–H groups in total. The fourth-order valence-corrected chi connectivity index (χ4v) is 4.17. The lowest BCUT2D eigenvalue weighted by Gasteiger charge is -2.16. The maximum Gasteiger partial charge on any atom is 0.418 e. The third kappa shape index (κ3) is 5.73. The number of allylic oxidation sites excluding steroid dienone is 2. The van der Waals surface area contributed by atoms with Crippen molar-refractivity contribution in [2.45, 2.75) is 25.8 Å². The number of rotatable bonds is 7. The number of benzene rings is 2. The van der Waals surface area contributed by atoms with Gasteiger partial charge in [-0.15, -0.1) is 11.3 Å². The van der Waals surface area contributed by atoms with Crippen LogP contribution in [0.2, 0.25) is 5.02 Å². The number of nitrogens with two attached hydrogens (primary N) is 1. The van der Waals surface area contributed by atoms with E-state index in [2.05, 4.69) is 0 Å². The maximum atomic E-state index is 12.9. The van der Waals surface area contributed by atoms with Gasteiger partial charge in [-0.05, 0) is 47.7 Å². The molecule has 0 spiro atoms. The van der Waals surface area contributed by atoms with E-state index in [-0.39, 0.29) is 5.57 Å². The Morgan fingerprint density at radius 2 is 1.88 bits per heavy atom. The molecule has 1 heterocycles. The molecule has 0 fully saturated rings. The van der Waals surface area contributed by atoms with E-state index in [1.165, 1.54) is 30.5 Å². The van der Waals surface area contributed by atoms with Gasteiger partial charge in [0.25, 0.3) is 0 Å². The zero-order valence-electron chi connectivity index (χ0n) is 17.1. The van der Waals surface area contributed by atoms with Gasteiger partial charge in [-0.1, -0.05) is 48.0 Å². The van der Waals surface area contributed by atoms with Crippen molar-refractivity contribution in [3.05, 3.63) is 93.3 Å². The molecule has 0 saturated carbocycles. The van der Waals surface area contributed by atoms with E-state index in [0.29, 0.717) is 39.0 Å². The summed E-state index contributed by atoms with van der Waals surface area (Å²) in [5.41, 5.74) is 8.22. The summed E-state index contributed by atoms with van der Waals surface area (Å²) < 4.78 is 44.7. The molecular weight excluding hydrogens is 459 g/mol. The van der Waals surface area contributed by atoms with E-state index in [1.807, 2.05) is 36.4 Å². The van der Waals surface area contributed by atoms with E-state index in [1.54, 1.807) is 23.6 Å². The molecule has 1 atom stereocenters. The van der Waals surface area contributed by atoms with Crippen molar-refractivity contribution in [1.29, 1.82) is 0 Å². The number of alkyl halides is 3. The van der Waals surface area contributed by atoms with Crippen LogP contribution in [0.3, 0.4) is 0 Å². The van der Waals surface area contributed by atoms with Gasteiger partial charge in [0, 0.05) is 32.8 Å². The van der Waals surface area contributed by atoms with Crippen molar-refractivity contribution in [2.24, 2.45) is 5.73 Å². The fraction of sp³-hybridized carbons (Fsp3) is 0.167. The molecule has 1 aromatic heterocycles. The molecule has 0 aliphatic rings. The van der Waals surface area contributed by atoms with Gasteiger partial charge in [0.2, 0.25) is 0 Å². The van der Waals surface area contributed by atoms with Crippen LogP contribution in [0.5, 0.6) is 5.75 Å². The highest BCUT2D eigenvalue weighted by Crippen LogP contribution is 2.41. The second kappa shape index (κ2) is 10.3. The minimum absolute atomic E-state index is 0.264. The lowest BCUT2D eigenvalue weighted by molar-refractivity contribution is -0.191. The normalized spacial score (nSPS) is 13.8. The van der Waals surface area contributed by atoms with Crippen LogP contribution in [0.25, 0.3) is 16.7 Å². The highest BCUT2D eigenvalue weighted by molar-refractivity contribution is 7.11. The fourth-order valence-electron chi connectivity index (χ4n) is 3.09. The Labute approximate surface area is 193 Å². The van der Waals surface area contributed by atoms with Gasteiger partial charge in [0.05, 0.1) is 0 Å². The SMILES string of the molecule is C/C(=C\C(=C/N)c1sccc1-c1cc(Cl)ccc1OCc1ccccc1)C(O)C(F)(F)F. The number of hydrogen-bond acceptors (Lipinski definition) is 4. The minimum Gasteiger partial charge on any atom is -0.488 e.